The lowest BCUT2D eigenvalue weighted by molar-refractivity contribution is -0.118. The van der Waals surface area contributed by atoms with Crippen molar-refractivity contribution in [1.29, 1.82) is 0 Å². The van der Waals surface area contributed by atoms with Gasteiger partial charge in [-0.25, -0.2) is 0 Å². The fourth-order valence-electron chi connectivity index (χ4n) is 2.72. The van der Waals surface area contributed by atoms with Crippen LogP contribution in [0, 0.1) is 6.92 Å². The molecule has 0 unspecified atom stereocenters. The topological polar surface area (TPSA) is 72.3 Å². The summed E-state index contributed by atoms with van der Waals surface area (Å²) in [6.07, 6.45) is 2.27. The maximum absolute atomic E-state index is 12.2. The monoisotopic (exact) mass is 383 g/mol. The Balaban J connectivity index is 1.64. The predicted octanol–water partition coefficient (Wildman–Crippen LogP) is 3.18. The quantitative estimate of drug-likeness (QED) is 0.614. The molecule has 1 atom stereocenters. The van der Waals surface area contributed by atoms with Crippen LogP contribution >= 0.6 is 11.8 Å². The van der Waals surface area contributed by atoms with E-state index in [1.54, 1.807) is 26.5 Å². The summed E-state index contributed by atoms with van der Waals surface area (Å²) in [5, 5.41) is 11.3. The van der Waals surface area contributed by atoms with E-state index in [2.05, 4.69) is 21.6 Å². The van der Waals surface area contributed by atoms with Gasteiger partial charge in [0.25, 0.3) is 0 Å². The van der Waals surface area contributed by atoms with Gasteiger partial charge in [0.1, 0.15) is 0 Å². The number of carbonyl (C=O) groups is 1. The highest BCUT2D eigenvalue weighted by Crippen LogP contribution is 2.27. The maximum Gasteiger partial charge on any atom is 0.239 e. The Kier molecular flexibility index (Phi) is 6.13. The molecule has 1 heterocycles. The first-order chi connectivity index (χ1) is 13.1. The van der Waals surface area contributed by atoms with E-state index in [9.17, 15) is 4.79 Å². The lowest BCUT2D eigenvalue weighted by Gasteiger charge is -2.07. The highest BCUT2D eigenvalue weighted by Gasteiger charge is 2.30. The number of ether oxygens (including phenoxy) is 2. The van der Waals surface area contributed by atoms with Crippen LogP contribution in [0.3, 0.4) is 0 Å². The van der Waals surface area contributed by atoms with Crippen molar-refractivity contribution in [3.8, 4) is 11.5 Å². The van der Waals surface area contributed by atoms with Crippen LogP contribution in [0.5, 0.6) is 11.5 Å². The first kappa shape index (κ1) is 19.0. The maximum atomic E-state index is 12.2. The summed E-state index contributed by atoms with van der Waals surface area (Å²) in [7, 11) is 3.17. The highest BCUT2D eigenvalue weighted by molar-refractivity contribution is 8.15. The molecule has 1 N–H and O–H groups in total. The van der Waals surface area contributed by atoms with Gasteiger partial charge in [-0.3, -0.25) is 4.79 Å². The molecule has 7 heteroatoms. The van der Waals surface area contributed by atoms with Gasteiger partial charge in [0, 0.05) is 0 Å². The number of amidine groups is 1. The summed E-state index contributed by atoms with van der Waals surface area (Å²) >= 11 is 1.40. The number of nitrogens with zero attached hydrogens (tertiary/aromatic N) is 2. The predicted molar refractivity (Wildman–Crippen MR) is 109 cm³/mol. The van der Waals surface area contributed by atoms with Crippen LogP contribution in [0.15, 0.2) is 52.7 Å². The van der Waals surface area contributed by atoms with Crippen LogP contribution < -0.4 is 14.8 Å². The van der Waals surface area contributed by atoms with E-state index >= 15 is 0 Å². The molecule has 0 aliphatic carbocycles. The van der Waals surface area contributed by atoms with Gasteiger partial charge in [0.2, 0.25) is 5.91 Å². The highest BCUT2D eigenvalue weighted by atomic mass is 32.2. The molecular formula is C20H21N3O3S. The molecule has 6 nitrogen and oxygen atoms in total. The first-order valence-electron chi connectivity index (χ1n) is 8.45. The standard InChI is InChI=1S/C20H21N3O3S/c1-13-5-4-6-14(9-13)11-18-19(24)22-20(27-18)23-21-12-15-7-8-16(25-2)17(10-15)26-3/h4-10,12,18H,11H2,1-3H3,(H,22,23,24)/b21-12-/t18-/m0/s1. The van der Waals surface area contributed by atoms with Gasteiger partial charge in [0.15, 0.2) is 16.7 Å². The Labute approximate surface area is 162 Å². The van der Waals surface area contributed by atoms with E-state index < -0.39 is 0 Å². The number of methoxy groups -OCH3 is 2. The Morgan fingerprint density at radius 2 is 1.96 bits per heavy atom. The molecule has 140 valence electrons. The Hall–Kier alpha value is -2.80. The fraction of sp³-hybridized carbons (Fsp3) is 0.250. The van der Waals surface area contributed by atoms with Crippen molar-refractivity contribution in [3.63, 3.8) is 0 Å². The summed E-state index contributed by atoms with van der Waals surface area (Å²) in [5.41, 5.74) is 3.14. The van der Waals surface area contributed by atoms with E-state index in [0.29, 0.717) is 23.1 Å². The number of hydrogen-bond acceptors (Lipinski definition) is 6. The van der Waals surface area contributed by atoms with Crippen molar-refractivity contribution in [3.05, 3.63) is 59.2 Å². The van der Waals surface area contributed by atoms with Gasteiger partial charge in [-0.1, -0.05) is 41.6 Å². The molecular weight excluding hydrogens is 362 g/mol. The van der Waals surface area contributed by atoms with Crippen LogP contribution in [0.2, 0.25) is 0 Å². The summed E-state index contributed by atoms with van der Waals surface area (Å²) < 4.78 is 10.5. The van der Waals surface area contributed by atoms with Gasteiger partial charge in [-0.05, 0) is 42.7 Å². The molecule has 1 aliphatic heterocycles. The van der Waals surface area contributed by atoms with E-state index in [4.69, 9.17) is 9.47 Å². The number of benzene rings is 2. The summed E-state index contributed by atoms with van der Waals surface area (Å²) in [6, 6.07) is 13.6. The molecule has 0 aromatic heterocycles. The molecule has 0 saturated carbocycles. The zero-order valence-corrected chi connectivity index (χ0v) is 16.2. The largest absolute Gasteiger partial charge is 0.493 e. The zero-order chi connectivity index (χ0) is 19.2. The zero-order valence-electron chi connectivity index (χ0n) is 15.4. The van der Waals surface area contributed by atoms with Crippen molar-refractivity contribution in [2.75, 3.05) is 14.2 Å². The molecule has 27 heavy (non-hydrogen) atoms. The minimum absolute atomic E-state index is 0.0402. The van der Waals surface area contributed by atoms with E-state index in [1.807, 2.05) is 37.3 Å². The molecule has 2 aromatic carbocycles. The van der Waals surface area contributed by atoms with Crippen molar-refractivity contribution in [2.24, 2.45) is 10.2 Å². The van der Waals surface area contributed by atoms with Crippen LogP contribution in [0.1, 0.15) is 16.7 Å². The number of aryl methyl sites for hydroxylation is 1. The first-order valence-corrected chi connectivity index (χ1v) is 9.33. The molecule has 2 aromatic rings. The Bertz CT molecular complexity index is 896. The molecule has 1 amide bonds. The van der Waals surface area contributed by atoms with Crippen molar-refractivity contribution >= 4 is 29.1 Å². The second-order valence-electron chi connectivity index (χ2n) is 6.05. The molecule has 3 rings (SSSR count). The third kappa shape index (κ3) is 4.89. The van der Waals surface area contributed by atoms with E-state index in [0.717, 1.165) is 11.1 Å². The van der Waals surface area contributed by atoms with Gasteiger partial charge in [0.05, 0.1) is 25.7 Å². The smallest absolute Gasteiger partial charge is 0.239 e. The van der Waals surface area contributed by atoms with Crippen molar-refractivity contribution < 1.29 is 14.3 Å². The minimum atomic E-state index is -0.193. The number of amides is 1. The number of hydrogen-bond donors (Lipinski definition) is 1. The van der Waals surface area contributed by atoms with E-state index in [-0.39, 0.29) is 11.2 Å². The normalized spacial score (nSPS) is 18.1. The van der Waals surface area contributed by atoms with Crippen LogP contribution in [-0.2, 0) is 11.2 Å². The minimum Gasteiger partial charge on any atom is -0.493 e. The molecule has 0 radical (unpaired) electrons. The van der Waals surface area contributed by atoms with Crippen LogP contribution in [0.25, 0.3) is 0 Å². The summed E-state index contributed by atoms with van der Waals surface area (Å²) in [6.45, 7) is 2.04. The lowest BCUT2D eigenvalue weighted by Crippen LogP contribution is -2.25. The second-order valence-corrected chi connectivity index (χ2v) is 7.24. The van der Waals surface area contributed by atoms with Crippen molar-refractivity contribution in [2.45, 2.75) is 18.6 Å². The summed E-state index contributed by atoms with van der Waals surface area (Å²) in [4.78, 5) is 12.2. The number of rotatable bonds is 6. The van der Waals surface area contributed by atoms with E-state index in [1.165, 1.54) is 17.3 Å². The van der Waals surface area contributed by atoms with Gasteiger partial charge in [-0.15, -0.1) is 5.10 Å². The summed E-state index contributed by atoms with van der Waals surface area (Å²) in [5.74, 6) is 1.23. The molecule has 1 aliphatic rings. The fourth-order valence-corrected chi connectivity index (χ4v) is 3.69. The van der Waals surface area contributed by atoms with Crippen LogP contribution in [0.4, 0.5) is 0 Å². The van der Waals surface area contributed by atoms with Gasteiger partial charge < -0.3 is 14.8 Å². The van der Waals surface area contributed by atoms with Gasteiger partial charge in [-0.2, -0.15) is 5.10 Å². The molecule has 0 bridgehead atoms. The molecule has 1 fully saturated rings. The average molecular weight is 383 g/mol. The Morgan fingerprint density at radius 1 is 1.15 bits per heavy atom. The average Bonchev–Trinajstić information content (AvgIpc) is 3.01. The Morgan fingerprint density at radius 3 is 2.70 bits per heavy atom. The van der Waals surface area contributed by atoms with Crippen LogP contribution in [-0.4, -0.2) is 36.8 Å². The SMILES string of the molecule is COc1ccc(/C=N\N=C2/NC(=O)[C@H](Cc3cccc(C)c3)S2)cc1OC. The second kappa shape index (κ2) is 8.73. The number of thioether (sulfide) groups is 1. The molecule has 0 spiro atoms. The third-order valence-electron chi connectivity index (χ3n) is 4.04. The number of carbonyl (C=O) groups excluding carboxylic acids is 1. The lowest BCUT2D eigenvalue weighted by atomic mass is 10.1. The number of nitrogens with one attached hydrogen (secondary N) is 1. The third-order valence-corrected chi connectivity index (χ3v) is 5.12. The van der Waals surface area contributed by atoms with Gasteiger partial charge >= 0.3 is 0 Å². The van der Waals surface area contributed by atoms with Crippen molar-refractivity contribution in [1.82, 2.24) is 5.32 Å². The molecule has 1 saturated heterocycles.